The fourth-order valence-electron chi connectivity index (χ4n) is 14.7. The molecule has 17 rings (SSSR count). The van der Waals surface area contributed by atoms with Crippen LogP contribution in [0.1, 0.15) is 105 Å². The molecule has 15 aromatic rings. The first-order valence-electron chi connectivity index (χ1n) is 35.2. The highest BCUT2D eigenvalue weighted by Crippen LogP contribution is 2.59. The maximum Gasteiger partial charge on any atom is 0.294 e. The van der Waals surface area contributed by atoms with Gasteiger partial charge in [-0.1, -0.05) is 133 Å². The number of carbonyl (C=O) groups is 8. The largest absolute Gasteiger partial charge is 0.457 e. The Labute approximate surface area is 667 Å². The van der Waals surface area contributed by atoms with E-state index in [-0.39, 0.29) is 111 Å². The predicted molar refractivity (Wildman–Crippen MR) is 428 cm³/mol. The van der Waals surface area contributed by atoms with Crippen molar-refractivity contribution in [1.29, 1.82) is 0 Å². The minimum absolute atomic E-state index is 0.0379. The van der Waals surface area contributed by atoms with Gasteiger partial charge in [0.05, 0.1) is 53.2 Å². The molecular formula is C88H50N2O24S4. The van der Waals surface area contributed by atoms with Gasteiger partial charge in [0.15, 0.2) is 23.1 Å². The van der Waals surface area contributed by atoms with E-state index >= 15 is 38.4 Å². The zero-order valence-electron chi connectivity index (χ0n) is 60.0. The Bertz CT molecular complexity index is 6540. The average Bonchev–Trinajstić information content (AvgIpc) is 0.668. The highest BCUT2D eigenvalue weighted by molar-refractivity contribution is 7.86. The molecule has 580 valence electrons. The Morgan fingerprint density at radius 2 is 0.432 bits per heavy atom. The van der Waals surface area contributed by atoms with Gasteiger partial charge < -0.3 is 18.9 Å². The summed E-state index contributed by atoms with van der Waals surface area (Å²) in [6.07, 6.45) is 0. The van der Waals surface area contributed by atoms with Gasteiger partial charge in [-0.25, -0.2) is 9.80 Å². The van der Waals surface area contributed by atoms with Crippen LogP contribution in [0.25, 0.3) is 43.1 Å². The molecule has 0 saturated carbocycles. The van der Waals surface area contributed by atoms with Crippen LogP contribution in [0.5, 0.6) is 46.0 Å². The first kappa shape index (κ1) is 76.1. The molecule has 0 radical (unpaired) electrons. The first-order valence-corrected chi connectivity index (χ1v) is 41.0. The second kappa shape index (κ2) is 28.7. The first-order chi connectivity index (χ1) is 56.4. The monoisotopic (exact) mass is 1650 g/mol. The summed E-state index contributed by atoms with van der Waals surface area (Å²) in [5, 5.41) is -2.40. The zero-order valence-corrected chi connectivity index (χ0v) is 63.3. The molecule has 30 heteroatoms. The number of amides is 4. The van der Waals surface area contributed by atoms with Crippen molar-refractivity contribution in [3.8, 4) is 46.0 Å². The maximum atomic E-state index is 16.9. The highest BCUT2D eigenvalue weighted by atomic mass is 32.2. The van der Waals surface area contributed by atoms with Crippen molar-refractivity contribution < 1.29 is 109 Å². The summed E-state index contributed by atoms with van der Waals surface area (Å²) in [5.41, 5.74) is -4.29. The number of hydrogen-bond donors (Lipinski definition) is 4. The molecule has 0 saturated heterocycles. The van der Waals surface area contributed by atoms with Crippen molar-refractivity contribution in [3.05, 3.63) is 346 Å². The number of imide groups is 2. The lowest BCUT2D eigenvalue weighted by atomic mass is 9.80. The van der Waals surface area contributed by atoms with Gasteiger partial charge in [0, 0.05) is 87.6 Å². The van der Waals surface area contributed by atoms with Crippen LogP contribution in [0.3, 0.4) is 0 Å². The molecule has 0 aromatic heterocycles. The number of benzene rings is 15. The van der Waals surface area contributed by atoms with E-state index in [1.165, 1.54) is 84.9 Å². The molecule has 118 heavy (non-hydrogen) atoms. The van der Waals surface area contributed by atoms with Gasteiger partial charge in [0.1, 0.15) is 46.0 Å². The van der Waals surface area contributed by atoms with Gasteiger partial charge >= 0.3 is 0 Å². The summed E-state index contributed by atoms with van der Waals surface area (Å²) in [5.74, 6) is -11.3. The second-order valence-electron chi connectivity index (χ2n) is 27.0. The van der Waals surface area contributed by atoms with Crippen LogP contribution in [0.2, 0.25) is 0 Å². The number of anilines is 2. The molecular weight excluding hydrogens is 1600 g/mol. The Morgan fingerprint density at radius 3 is 0.619 bits per heavy atom. The summed E-state index contributed by atoms with van der Waals surface area (Å²) in [6.45, 7) is 0. The lowest BCUT2D eigenvalue weighted by molar-refractivity contribution is 0.0875. The van der Waals surface area contributed by atoms with E-state index in [1.54, 1.807) is 72.8 Å². The van der Waals surface area contributed by atoms with Crippen molar-refractivity contribution in [2.75, 3.05) is 9.80 Å². The molecule has 0 bridgehead atoms. The number of hydrogen-bond acceptors (Lipinski definition) is 20. The number of rotatable bonds is 22. The smallest absolute Gasteiger partial charge is 0.294 e. The normalized spacial score (nSPS) is 13.0. The highest BCUT2D eigenvalue weighted by Gasteiger charge is 2.46. The fourth-order valence-corrected chi connectivity index (χ4v) is 16.7. The van der Waals surface area contributed by atoms with Crippen LogP contribution in [0, 0.1) is 0 Å². The molecule has 0 aliphatic carbocycles. The molecule has 0 fully saturated rings. The van der Waals surface area contributed by atoms with E-state index in [4.69, 9.17) is 18.9 Å². The number of ketones is 4. The van der Waals surface area contributed by atoms with Gasteiger partial charge in [-0.3, -0.25) is 56.6 Å². The molecule has 15 aromatic carbocycles. The summed E-state index contributed by atoms with van der Waals surface area (Å²) >= 11 is 0. The van der Waals surface area contributed by atoms with Crippen molar-refractivity contribution in [3.63, 3.8) is 0 Å². The van der Waals surface area contributed by atoms with E-state index in [2.05, 4.69) is 0 Å². The number of ether oxygens (including phenoxy) is 4. The van der Waals surface area contributed by atoms with Crippen molar-refractivity contribution in [2.45, 2.75) is 19.6 Å². The van der Waals surface area contributed by atoms with Crippen LogP contribution in [-0.4, -0.2) is 98.6 Å². The van der Waals surface area contributed by atoms with Gasteiger partial charge in [-0.05, 0) is 146 Å². The van der Waals surface area contributed by atoms with Crippen molar-refractivity contribution >= 4 is 142 Å². The predicted octanol–water partition coefficient (Wildman–Crippen LogP) is 16.4. The van der Waals surface area contributed by atoms with E-state index in [0.29, 0.717) is 9.80 Å². The molecule has 2 aliphatic heterocycles. The van der Waals surface area contributed by atoms with Crippen LogP contribution < -0.4 is 28.7 Å². The van der Waals surface area contributed by atoms with E-state index < -0.39 is 163 Å². The van der Waals surface area contributed by atoms with Gasteiger partial charge in [0.2, 0.25) is 0 Å². The molecule has 0 atom stereocenters. The third-order valence-corrected chi connectivity index (χ3v) is 23.4. The molecule has 2 heterocycles. The number of carbonyl (C=O) groups excluding carboxylic acids is 8. The lowest BCUT2D eigenvalue weighted by Gasteiger charge is -2.34. The molecule has 0 spiro atoms. The zero-order chi connectivity index (χ0) is 82.8. The summed E-state index contributed by atoms with van der Waals surface area (Å²) < 4.78 is 171. The summed E-state index contributed by atoms with van der Waals surface area (Å²) in [7, 11) is -19.8. The molecule has 26 nitrogen and oxygen atoms in total. The third-order valence-electron chi connectivity index (χ3n) is 19.9. The van der Waals surface area contributed by atoms with Crippen molar-refractivity contribution in [1.82, 2.24) is 0 Å². The molecule has 4 amide bonds. The quantitative estimate of drug-likeness (QED) is 0.0161. The van der Waals surface area contributed by atoms with E-state index in [9.17, 15) is 51.9 Å². The summed E-state index contributed by atoms with van der Waals surface area (Å²) in [4.78, 5) is 127. The number of nitrogens with zero attached hydrogens (tertiary/aromatic N) is 2. The van der Waals surface area contributed by atoms with Gasteiger partial charge in [-0.15, -0.1) is 0 Å². The fraction of sp³-hybridized carbons (Fsp3) is 0. The third kappa shape index (κ3) is 13.3. The van der Waals surface area contributed by atoms with Crippen LogP contribution in [-0.2, 0) is 40.5 Å². The van der Waals surface area contributed by atoms with Crippen LogP contribution >= 0.6 is 0 Å². The number of para-hydroxylation sites is 2. The van der Waals surface area contributed by atoms with E-state index in [1.807, 2.05) is 0 Å². The Kier molecular flexibility index (Phi) is 18.5. The molecule has 0 unspecified atom stereocenters. The van der Waals surface area contributed by atoms with Gasteiger partial charge in [0.25, 0.3) is 64.1 Å². The maximum absolute atomic E-state index is 16.9. The number of fused-ring (bicyclic) bond motifs is 2. The minimum atomic E-state index is -4.94. The SMILES string of the molecule is O=C(c1ccccc1)c1cccc(C(=O)c2ccccc2)c1N1C(=O)c2cc(Oc3ccc(S(=O)(=O)O)cc3)c3c4c(Oc5ccc(S(=O)(=O)O)cc5)cc5c6c(cc(Oc7ccc(S(=O)(=O)O)cc7)c(c7c(Oc8ccc(S(=O)(=O)O)cc8)cc(c2c37)C1=O)c64)C(=O)N(c1c(C(=O)c2ccccc2)cccc1C(=O)c1ccccc1)C5=O. The second-order valence-corrected chi connectivity index (χ2v) is 32.6. The van der Waals surface area contributed by atoms with E-state index in [0.717, 1.165) is 121 Å². The lowest BCUT2D eigenvalue weighted by Crippen LogP contribution is -2.42. The molecule has 4 N–H and O–H groups in total. The van der Waals surface area contributed by atoms with Crippen molar-refractivity contribution in [2.24, 2.45) is 0 Å². The van der Waals surface area contributed by atoms with Crippen LogP contribution in [0.15, 0.2) is 299 Å². The average molecular weight is 1650 g/mol. The minimum Gasteiger partial charge on any atom is -0.457 e. The van der Waals surface area contributed by atoms with Crippen LogP contribution in [0.4, 0.5) is 11.4 Å². The summed E-state index contributed by atoms with van der Waals surface area (Å²) in [6, 6.07) is 59.5. The molecule has 2 aliphatic rings. The Balaban J connectivity index is 1.06. The Hall–Kier alpha value is -14.6. The standard InChI is InChI=1S/C88H50N2O24S4/c91-81(47-15-5-1-6-16-47)59-23-13-24-60(82(92)48-17-7-2-8-18-48)79(59)89-85(95)63-43-67(111-51-27-35-55(36-28-51)115(99,100)101)73-75-69(113-53-31-39-57(40-32-53)117(105,106)107)45-65-72-66(88(98)90(87(65)97)80-61(83(93)49-19-9-3-10-20-49)25-14-26-62(80)84(94)50-21-11-4-12-22-50)46-70(114-54-33-41-58(42-34-54)118(108,109)110)76(78(72)75)74-68(44-64(86(89)96)71(63)77(73)74)112-52-29-37-56(38-30-52)116(102,103)104/h1-46H,(H,99,100,101)(H,102,103,104)(H,105,106,107)(H,108,109,110). The Morgan fingerprint density at radius 1 is 0.237 bits per heavy atom. The van der Waals surface area contributed by atoms with Gasteiger partial charge in [-0.2, -0.15) is 33.7 Å². The topological polar surface area (TPSA) is 397 Å².